The predicted molar refractivity (Wildman–Crippen MR) is 129 cm³/mol. The molecule has 0 aromatic carbocycles. The molecular weight excluding hydrogens is 490 g/mol. The Morgan fingerprint density at radius 2 is 1.97 bits per heavy atom. The molecule has 3 fully saturated rings. The molecule has 3 aliphatic heterocycles. The summed E-state index contributed by atoms with van der Waals surface area (Å²) in [4.78, 5) is 45.8. The van der Waals surface area contributed by atoms with E-state index in [1.54, 1.807) is 33.9 Å². The summed E-state index contributed by atoms with van der Waals surface area (Å²) in [5.41, 5.74) is -1.07. The van der Waals surface area contributed by atoms with E-state index in [4.69, 9.17) is 4.74 Å². The molecule has 3 saturated heterocycles. The fraction of sp³-hybridized carbons (Fsp3) is 0.708. The van der Waals surface area contributed by atoms with E-state index >= 15 is 0 Å². The van der Waals surface area contributed by atoms with E-state index in [0.717, 1.165) is 12.8 Å². The molecule has 0 radical (unpaired) electrons. The molecule has 3 rings (SSSR count). The second-order valence-corrected chi connectivity index (χ2v) is 10.4. The summed E-state index contributed by atoms with van der Waals surface area (Å²) in [6.07, 6.45) is 5.46. The molecule has 0 saturated carbocycles. The summed E-state index contributed by atoms with van der Waals surface area (Å²) < 4.78 is 6.49. The van der Waals surface area contributed by atoms with Gasteiger partial charge in [-0.15, -0.1) is 13.2 Å². The lowest BCUT2D eigenvalue weighted by atomic mass is 9.70. The Morgan fingerprint density at radius 1 is 1.27 bits per heavy atom. The number of carbonyl (C=O) groups is 3. The minimum absolute atomic E-state index is 0.0937. The minimum Gasteiger partial charge on any atom is -0.396 e. The Balaban J connectivity index is 2.03. The number of carbonyl (C=O) groups excluding carboxylic acids is 3. The molecule has 3 amide bonds. The molecule has 2 bridgehead atoms. The molecule has 9 heteroatoms. The zero-order valence-electron chi connectivity index (χ0n) is 19.6. The third-order valence-electron chi connectivity index (χ3n) is 7.09. The summed E-state index contributed by atoms with van der Waals surface area (Å²) in [7, 11) is 1.69. The number of likely N-dealkylation sites (tertiary alicyclic amines) is 1. The van der Waals surface area contributed by atoms with Crippen molar-refractivity contribution in [2.45, 2.75) is 55.2 Å². The van der Waals surface area contributed by atoms with Crippen LogP contribution in [0.2, 0.25) is 0 Å². The summed E-state index contributed by atoms with van der Waals surface area (Å²) >= 11 is 3.68. The Kier molecular flexibility index (Phi) is 8.40. The molecule has 3 unspecified atom stereocenters. The molecule has 3 heterocycles. The first-order chi connectivity index (χ1) is 15.8. The normalized spacial score (nSPS) is 32.1. The second-order valence-electron chi connectivity index (χ2n) is 9.21. The van der Waals surface area contributed by atoms with E-state index in [2.05, 4.69) is 36.0 Å². The molecule has 0 aromatic heterocycles. The quantitative estimate of drug-likeness (QED) is 0.308. The molecule has 1 N–H and O–H groups in total. The molecule has 0 aromatic rings. The highest BCUT2D eigenvalue weighted by atomic mass is 79.9. The lowest BCUT2D eigenvalue weighted by molar-refractivity contribution is -0.148. The highest BCUT2D eigenvalue weighted by Gasteiger charge is 2.76. The monoisotopic (exact) mass is 525 g/mol. The highest BCUT2D eigenvalue weighted by Crippen LogP contribution is 2.60. The largest absolute Gasteiger partial charge is 0.396 e. The average Bonchev–Trinajstić information content (AvgIpc) is 3.37. The van der Waals surface area contributed by atoms with Crippen molar-refractivity contribution in [2.24, 2.45) is 11.8 Å². The molecule has 184 valence electrons. The lowest BCUT2D eigenvalue weighted by Crippen LogP contribution is -2.57. The maximum atomic E-state index is 13.9. The van der Waals surface area contributed by atoms with Gasteiger partial charge in [0, 0.05) is 44.7 Å². The van der Waals surface area contributed by atoms with Crippen molar-refractivity contribution >= 4 is 33.7 Å². The van der Waals surface area contributed by atoms with Crippen LogP contribution in [0, 0.1) is 11.8 Å². The van der Waals surface area contributed by atoms with Gasteiger partial charge in [-0.05, 0) is 19.3 Å². The fourth-order valence-electron chi connectivity index (χ4n) is 5.68. The highest BCUT2D eigenvalue weighted by molar-refractivity contribution is 9.09. The van der Waals surface area contributed by atoms with Gasteiger partial charge in [-0.3, -0.25) is 14.4 Å². The summed E-state index contributed by atoms with van der Waals surface area (Å²) in [5, 5.41) is 9.44. The third-order valence-corrected chi connectivity index (χ3v) is 7.93. The summed E-state index contributed by atoms with van der Waals surface area (Å²) in [6.45, 7) is 11.0. The first kappa shape index (κ1) is 25.9. The zero-order chi connectivity index (χ0) is 24.3. The molecule has 33 heavy (non-hydrogen) atoms. The SMILES string of the molecule is C=CCN(C)C(=O)[C@H]1[C@H]2C(=O)N(CCCO)C(C(=O)N(CC=C)CCCC)C23CC(Br)[C@@H]1O3. The Morgan fingerprint density at radius 3 is 2.58 bits per heavy atom. The van der Waals surface area contributed by atoms with Crippen LogP contribution < -0.4 is 0 Å². The van der Waals surface area contributed by atoms with Gasteiger partial charge in [-0.1, -0.05) is 41.4 Å². The van der Waals surface area contributed by atoms with Crippen LogP contribution in [0.25, 0.3) is 0 Å². The predicted octanol–water partition coefficient (Wildman–Crippen LogP) is 1.58. The molecule has 3 aliphatic rings. The van der Waals surface area contributed by atoms with Gasteiger partial charge in [0.05, 0.1) is 17.9 Å². The first-order valence-electron chi connectivity index (χ1n) is 11.8. The van der Waals surface area contributed by atoms with Crippen LogP contribution in [0.3, 0.4) is 0 Å². The van der Waals surface area contributed by atoms with Crippen LogP contribution in [-0.4, -0.2) is 99.9 Å². The van der Waals surface area contributed by atoms with Crippen LogP contribution in [0.1, 0.15) is 32.6 Å². The Labute approximate surface area is 204 Å². The standard InChI is InChI=1S/C24H36BrN3O5/c1-5-8-12-27(11-7-3)23(32)20-24-15-16(25)19(33-24)17(21(30)26(4)10-6-2)18(24)22(31)28(20)13-9-14-29/h6-7,16-20,29H,2-3,5,8-15H2,1,4H3/t16?,17-,18-,19-,20?,24?/m0/s1. The van der Waals surface area contributed by atoms with Crippen molar-refractivity contribution in [3.63, 3.8) is 0 Å². The maximum absolute atomic E-state index is 13.9. The lowest BCUT2D eigenvalue weighted by Gasteiger charge is -2.37. The number of hydrogen-bond donors (Lipinski definition) is 1. The van der Waals surface area contributed by atoms with Gasteiger partial charge < -0.3 is 24.5 Å². The van der Waals surface area contributed by atoms with E-state index in [1.165, 1.54) is 0 Å². The number of aliphatic hydroxyl groups excluding tert-OH is 1. The van der Waals surface area contributed by atoms with Gasteiger partial charge in [0.2, 0.25) is 17.7 Å². The number of unbranched alkanes of at least 4 members (excludes halogenated alkanes) is 1. The number of ether oxygens (including phenoxy) is 1. The van der Waals surface area contributed by atoms with E-state index in [-0.39, 0.29) is 35.7 Å². The van der Waals surface area contributed by atoms with Crippen LogP contribution in [0.15, 0.2) is 25.3 Å². The fourth-order valence-corrected chi connectivity index (χ4v) is 6.62. The number of alkyl halides is 1. The number of rotatable bonds is 12. The van der Waals surface area contributed by atoms with E-state index < -0.39 is 29.6 Å². The van der Waals surface area contributed by atoms with Crippen LogP contribution in [0.5, 0.6) is 0 Å². The molecule has 8 nitrogen and oxygen atoms in total. The van der Waals surface area contributed by atoms with E-state index in [9.17, 15) is 19.5 Å². The van der Waals surface area contributed by atoms with Crippen molar-refractivity contribution in [1.82, 2.24) is 14.7 Å². The van der Waals surface area contributed by atoms with Crippen molar-refractivity contribution in [1.29, 1.82) is 0 Å². The number of amides is 3. The summed E-state index contributed by atoms with van der Waals surface area (Å²) in [6, 6.07) is -0.828. The van der Waals surface area contributed by atoms with Crippen molar-refractivity contribution < 1.29 is 24.2 Å². The van der Waals surface area contributed by atoms with Crippen molar-refractivity contribution in [2.75, 3.05) is 39.8 Å². The minimum atomic E-state index is -1.07. The van der Waals surface area contributed by atoms with E-state index in [0.29, 0.717) is 32.5 Å². The van der Waals surface area contributed by atoms with Crippen LogP contribution in [0.4, 0.5) is 0 Å². The van der Waals surface area contributed by atoms with Gasteiger partial charge in [0.1, 0.15) is 11.6 Å². The molecule has 0 aliphatic carbocycles. The number of likely N-dealkylation sites (N-methyl/N-ethyl adjacent to an activating group) is 1. The van der Waals surface area contributed by atoms with Crippen molar-refractivity contribution in [3.8, 4) is 0 Å². The second kappa shape index (κ2) is 10.7. The maximum Gasteiger partial charge on any atom is 0.248 e. The Bertz CT molecular complexity index is 792. The van der Waals surface area contributed by atoms with Crippen LogP contribution >= 0.6 is 15.9 Å². The Hall–Kier alpha value is -1.71. The van der Waals surface area contributed by atoms with Gasteiger partial charge in [0.25, 0.3) is 0 Å². The van der Waals surface area contributed by atoms with Crippen molar-refractivity contribution in [3.05, 3.63) is 25.3 Å². The number of halogens is 1. The van der Waals surface area contributed by atoms with Gasteiger partial charge in [-0.2, -0.15) is 0 Å². The average molecular weight is 526 g/mol. The summed E-state index contributed by atoms with van der Waals surface area (Å²) in [5.74, 6) is -1.97. The number of fused-ring (bicyclic) bond motifs is 1. The van der Waals surface area contributed by atoms with Crippen LogP contribution in [-0.2, 0) is 19.1 Å². The zero-order valence-corrected chi connectivity index (χ0v) is 21.2. The molecular formula is C24H36BrN3O5. The molecule has 6 atom stereocenters. The number of nitrogens with zero attached hydrogens (tertiary/aromatic N) is 3. The number of hydrogen-bond acceptors (Lipinski definition) is 5. The van der Waals surface area contributed by atoms with Gasteiger partial charge in [-0.25, -0.2) is 0 Å². The topological polar surface area (TPSA) is 90.4 Å². The van der Waals surface area contributed by atoms with E-state index in [1.807, 2.05) is 0 Å². The smallest absolute Gasteiger partial charge is 0.248 e. The third kappa shape index (κ3) is 4.39. The van der Waals surface area contributed by atoms with Gasteiger partial charge >= 0.3 is 0 Å². The molecule has 1 spiro atoms. The number of aliphatic hydroxyl groups is 1. The van der Waals surface area contributed by atoms with Gasteiger partial charge in [0.15, 0.2) is 0 Å². The first-order valence-corrected chi connectivity index (χ1v) is 12.7.